The van der Waals surface area contributed by atoms with E-state index in [1.165, 1.54) is 22.5 Å². The first-order chi connectivity index (χ1) is 11.7. The molecule has 0 saturated carbocycles. The van der Waals surface area contributed by atoms with Crippen LogP contribution in [0.25, 0.3) is 10.1 Å². The van der Waals surface area contributed by atoms with Gasteiger partial charge in [-0.2, -0.15) is 0 Å². The summed E-state index contributed by atoms with van der Waals surface area (Å²) in [5, 5.41) is 1.05. The lowest BCUT2D eigenvalue weighted by atomic mass is 9.97. The molecule has 0 unspecified atom stereocenters. The van der Waals surface area contributed by atoms with Gasteiger partial charge in [-0.3, -0.25) is 9.78 Å². The number of allylic oxidation sites excluding steroid dienone is 5. The van der Waals surface area contributed by atoms with Crippen molar-refractivity contribution in [2.24, 2.45) is 5.73 Å². The van der Waals surface area contributed by atoms with E-state index in [1.807, 2.05) is 24.4 Å². The second-order valence-electron chi connectivity index (χ2n) is 5.87. The number of carbonyl (C=O) groups is 1. The molecule has 2 aromatic heterocycles. The molecule has 2 N–H and O–H groups in total. The topological polar surface area (TPSA) is 59.2 Å². The van der Waals surface area contributed by atoms with Gasteiger partial charge in [0.15, 0.2) is 0 Å². The van der Waals surface area contributed by atoms with E-state index >= 15 is 0 Å². The normalized spacial score (nSPS) is 21.1. The van der Waals surface area contributed by atoms with Crippen molar-refractivity contribution >= 4 is 33.0 Å². The Morgan fingerprint density at radius 2 is 1.92 bits per heavy atom. The number of aromatic nitrogens is 1. The SMILES string of the molecule is NC(=O)c1cc2c(N3CCC4=C(\C=C/C=C\C=C/4)C3)cncc2s1. The molecule has 1 aliphatic heterocycles. The minimum absolute atomic E-state index is 0.384. The maximum Gasteiger partial charge on any atom is 0.258 e. The number of hydrogen-bond donors (Lipinski definition) is 1. The van der Waals surface area contributed by atoms with Crippen LogP contribution >= 0.6 is 11.3 Å². The lowest BCUT2D eigenvalue weighted by Gasteiger charge is -2.31. The third-order valence-corrected chi connectivity index (χ3v) is 5.45. The van der Waals surface area contributed by atoms with Crippen LogP contribution in [0.1, 0.15) is 16.1 Å². The minimum Gasteiger partial charge on any atom is -0.365 e. The maximum atomic E-state index is 11.5. The Balaban J connectivity index is 1.72. The largest absolute Gasteiger partial charge is 0.365 e. The first kappa shape index (κ1) is 14.9. The van der Waals surface area contributed by atoms with Crippen molar-refractivity contribution in [2.45, 2.75) is 6.42 Å². The summed E-state index contributed by atoms with van der Waals surface area (Å²) in [6.07, 6.45) is 17.3. The summed E-state index contributed by atoms with van der Waals surface area (Å²) in [5.74, 6) is -0.384. The van der Waals surface area contributed by atoms with E-state index in [0.29, 0.717) is 4.88 Å². The first-order valence-corrected chi connectivity index (χ1v) is 8.70. The zero-order chi connectivity index (χ0) is 16.5. The molecular weight excluding hydrogens is 318 g/mol. The van der Waals surface area contributed by atoms with E-state index in [4.69, 9.17) is 5.73 Å². The van der Waals surface area contributed by atoms with Gasteiger partial charge in [-0.25, -0.2) is 0 Å². The van der Waals surface area contributed by atoms with Crippen LogP contribution in [0.2, 0.25) is 0 Å². The van der Waals surface area contributed by atoms with E-state index < -0.39 is 0 Å². The van der Waals surface area contributed by atoms with Crippen LogP contribution in [0.3, 0.4) is 0 Å². The molecule has 1 aliphatic carbocycles. The molecule has 4 rings (SSSR count). The average Bonchev–Trinajstić information content (AvgIpc) is 3.00. The number of amides is 1. The molecule has 0 radical (unpaired) electrons. The van der Waals surface area contributed by atoms with E-state index in [0.717, 1.165) is 35.3 Å². The molecule has 0 bridgehead atoms. The molecule has 2 aliphatic rings. The third kappa shape index (κ3) is 2.67. The second-order valence-corrected chi connectivity index (χ2v) is 6.95. The quantitative estimate of drug-likeness (QED) is 0.912. The van der Waals surface area contributed by atoms with Gasteiger partial charge in [-0.1, -0.05) is 36.5 Å². The molecule has 2 aromatic rings. The van der Waals surface area contributed by atoms with Gasteiger partial charge in [-0.15, -0.1) is 11.3 Å². The van der Waals surface area contributed by atoms with Crippen molar-refractivity contribution in [1.29, 1.82) is 0 Å². The van der Waals surface area contributed by atoms with E-state index in [1.54, 1.807) is 6.20 Å². The van der Waals surface area contributed by atoms with Crippen LogP contribution in [0.4, 0.5) is 5.69 Å². The molecule has 4 nitrogen and oxygen atoms in total. The number of anilines is 1. The minimum atomic E-state index is -0.384. The molecule has 1 amide bonds. The Morgan fingerprint density at radius 3 is 2.71 bits per heavy atom. The summed E-state index contributed by atoms with van der Waals surface area (Å²) in [6.45, 7) is 1.77. The standard InChI is InChI=1S/C19H17N3OS/c20-19(23)17-9-15-16(10-21-11-18(15)24-17)22-8-7-13-5-3-1-2-4-6-14(13)12-22/h1-6,9-11H,7-8,12H2,(H2,20,23)/b2-1-,3-1?,4-2?,5-3-,6-4-,13-5?,14-6?. The van der Waals surface area contributed by atoms with Gasteiger partial charge in [0, 0.05) is 24.7 Å². The van der Waals surface area contributed by atoms with Gasteiger partial charge in [0.05, 0.1) is 21.5 Å². The molecule has 0 aromatic carbocycles. The highest BCUT2D eigenvalue weighted by Gasteiger charge is 2.20. The van der Waals surface area contributed by atoms with Crippen LogP contribution in [-0.4, -0.2) is 24.0 Å². The van der Waals surface area contributed by atoms with Crippen LogP contribution < -0.4 is 10.6 Å². The summed E-state index contributed by atoms with van der Waals surface area (Å²) >= 11 is 1.40. The Bertz CT molecular complexity index is 933. The number of nitrogens with zero attached hydrogens (tertiary/aromatic N) is 2. The first-order valence-electron chi connectivity index (χ1n) is 7.88. The van der Waals surface area contributed by atoms with Gasteiger partial charge < -0.3 is 10.6 Å². The number of nitrogens with two attached hydrogens (primary N) is 1. The summed E-state index contributed by atoms with van der Waals surface area (Å²) in [5.41, 5.74) is 9.21. The molecule has 0 saturated heterocycles. The highest BCUT2D eigenvalue weighted by molar-refractivity contribution is 7.20. The smallest absolute Gasteiger partial charge is 0.258 e. The van der Waals surface area contributed by atoms with Crippen molar-refractivity contribution in [1.82, 2.24) is 4.98 Å². The zero-order valence-corrected chi connectivity index (χ0v) is 13.9. The van der Waals surface area contributed by atoms with Crippen LogP contribution in [0.15, 0.2) is 66.1 Å². The number of pyridine rings is 1. The monoisotopic (exact) mass is 335 g/mol. The fraction of sp³-hybridized carbons (Fsp3) is 0.158. The number of rotatable bonds is 2. The molecule has 120 valence electrons. The predicted molar refractivity (Wildman–Crippen MR) is 99.4 cm³/mol. The number of hydrogen-bond acceptors (Lipinski definition) is 4. The van der Waals surface area contributed by atoms with Crippen LogP contribution in [-0.2, 0) is 0 Å². The maximum absolute atomic E-state index is 11.5. The van der Waals surface area contributed by atoms with E-state index in [2.05, 4.69) is 34.2 Å². The molecule has 5 heteroatoms. The van der Waals surface area contributed by atoms with Gasteiger partial charge in [0.2, 0.25) is 0 Å². The number of thiophene rings is 1. The fourth-order valence-electron chi connectivity index (χ4n) is 3.15. The Labute approximate surface area is 144 Å². The lowest BCUT2D eigenvalue weighted by molar-refractivity contribution is 0.100. The Morgan fingerprint density at radius 1 is 1.12 bits per heavy atom. The van der Waals surface area contributed by atoms with Gasteiger partial charge >= 0.3 is 0 Å². The van der Waals surface area contributed by atoms with Crippen LogP contribution in [0, 0.1) is 0 Å². The third-order valence-electron chi connectivity index (χ3n) is 4.36. The molecule has 0 spiro atoms. The zero-order valence-electron chi connectivity index (χ0n) is 13.1. The van der Waals surface area contributed by atoms with Gasteiger partial charge in [-0.05, 0) is 23.6 Å². The van der Waals surface area contributed by atoms with Crippen molar-refractivity contribution in [3.8, 4) is 0 Å². The number of carbonyl (C=O) groups excluding carboxylic acids is 1. The van der Waals surface area contributed by atoms with Crippen LogP contribution in [0.5, 0.6) is 0 Å². The molecule has 0 atom stereocenters. The Kier molecular flexibility index (Phi) is 3.78. The summed E-state index contributed by atoms with van der Waals surface area (Å²) in [7, 11) is 0. The van der Waals surface area contributed by atoms with Crippen molar-refractivity contribution in [2.75, 3.05) is 18.0 Å². The molecule has 0 fully saturated rings. The van der Waals surface area contributed by atoms with E-state index in [-0.39, 0.29) is 5.91 Å². The fourth-order valence-corrected chi connectivity index (χ4v) is 4.05. The summed E-state index contributed by atoms with van der Waals surface area (Å²) < 4.78 is 0.997. The van der Waals surface area contributed by atoms with Gasteiger partial charge in [0.1, 0.15) is 0 Å². The van der Waals surface area contributed by atoms with Crippen molar-refractivity contribution in [3.63, 3.8) is 0 Å². The van der Waals surface area contributed by atoms with E-state index in [9.17, 15) is 4.79 Å². The highest BCUT2D eigenvalue weighted by Crippen LogP contribution is 2.34. The number of primary amides is 1. The van der Waals surface area contributed by atoms with Gasteiger partial charge in [0.25, 0.3) is 5.91 Å². The second kappa shape index (κ2) is 6.09. The summed E-state index contributed by atoms with van der Waals surface area (Å²) in [6, 6.07) is 1.89. The Hall–Kier alpha value is -2.66. The van der Waals surface area contributed by atoms with Crippen molar-refractivity contribution < 1.29 is 4.79 Å². The highest BCUT2D eigenvalue weighted by atomic mass is 32.1. The molecule has 3 heterocycles. The average molecular weight is 335 g/mol. The summed E-state index contributed by atoms with van der Waals surface area (Å²) in [4.78, 5) is 18.7. The predicted octanol–water partition coefficient (Wildman–Crippen LogP) is 3.58. The molecular formula is C19H17N3OS. The van der Waals surface area contributed by atoms with Crippen molar-refractivity contribution in [3.05, 3.63) is 70.9 Å². The molecule has 24 heavy (non-hydrogen) atoms. The lowest BCUT2D eigenvalue weighted by Crippen LogP contribution is -2.31. The number of fused-ring (bicyclic) bond motifs is 1.